The molecule has 0 saturated carbocycles. The first-order valence-electron chi connectivity index (χ1n) is 8.57. The van der Waals surface area contributed by atoms with E-state index < -0.39 is 35.3 Å². The summed E-state index contributed by atoms with van der Waals surface area (Å²) in [7, 11) is 0. The molecule has 1 N–H and O–H groups in total. The Morgan fingerprint density at radius 3 is 2.43 bits per heavy atom. The molecule has 0 fully saturated rings. The molecule has 28 heavy (non-hydrogen) atoms. The van der Waals surface area contributed by atoms with Crippen LogP contribution in [0.25, 0.3) is 0 Å². The molecule has 2 aromatic carbocycles. The maximum atomic E-state index is 13.7. The van der Waals surface area contributed by atoms with Crippen LogP contribution in [0.3, 0.4) is 0 Å². The van der Waals surface area contributed by atoms with Crippen molar-refractivity contribution in [1.29, 1.82) is 0 Å². The van der Waals surface area contributed by atoms with E-state index in [2.05, 4.69) is 15.5 Å². The standard InChI is InChI=1S/C19H15F2N5O2/c20-14-7-4-8-15(21)13(14)11-22-17(27)16-18(28)26-10-9-25(19(26)24-23-16)12-5-2-1-3-6-12/h1-8H,9-11H2,(H,22,27). The van der Waals surface area contributed by atoms with Gasteiger partial charge in [0.25, 0.3) is 11.5 Å². The molecule has 1 aliphatic heterocycles. The van der Waals surface area contributed by atoms with Crippen molar-refractivity contribution in [2.24, 2.45) is 0 Å². The Morgan fingerprint density at radius 2 is 1.71 bits per heavy atom. The normalized spacial score (nSPS) is 12.7. The summed E-state index contributed by atoms with van der Waals surface area (Å²) in [6.45, 7) is 0.455. The van der Waals surface area contributed by atoms with Gasteiger partial charge in [0, 0.05) is 30.9 Å². The van der Waals surface area contributed by atoms with Gasteiger partial charge in [-0.15, -0.1) is 10.2 Å². The van der Waals surface area contributed by atoms with E-state index in [1.54, 1.807) is 0 Å². The highest BCUT2D eigenvalue weighted by atomic mass is 19.1. The number of carbonyl (C=O) groups is 1. The first-order chi connectivity index (χ1) is 13.6. The third-order valence-electron chi connectivity index (χ3n) is 4.49. The van der Waals surface area contributed by atoms with Gasteiger partial charge in [0.15, 0.2) is 0 Å². The second-order valence-corrected chi connectivity index (χ2v) is 6.18. The number of nitrogens with zero attached hydrogens (tertiary/aromatic N) is 4. The lowest BCUT2D eigenvalue weighted by Gasteiger charge is -2.16. The third kappa shape index (κ3) is 3.11. The van der Waals surface area contributed by atoms with E-state index in [1.807, 2.05) is 35.2 Å². The molecular formula is C19H15F2N5O2. The fourth-order valence-corrected chi connectivity index (χ4v) is 3.06. The number of nitrogens with one attached hydrogen (secondary N) is 1. The van der Waals surface area contributed by atoms with Gasteiger partial charge in [-0.25, -0.2) is 8.78 Å². The second-order valence-electron chi connectivity index (χ2n) is 6.18. The molecule has 1 aromatic heterocycles. The molecule has 0 saturated heterocycles. The molecule has 4 rings (SSSR count). The van der Waals surface area contributed by atoms with E-state index in [-0.39, 0.29) is 5.56 Å². The van der Waals surface area contributed by atoms with Gasteiger partial charge in [0.1, 0.15) is 11.6 Å². The van der Waals surface area contributed by atoms with Crippen LogP contribution >= 0.6 is 0 Å². The molecule has 0 unspecified atom stereocenters. The molecule has 7 nitrogen and oxygen atoms in total. The van der Waals surface area contributed by atoms with Gasteiger partial charge < -0.3 is 10.2 Å². The molecule has 0 radical (unpaired) electrons. The molecule has 1 amide bonds. The van der Waals surface area contributed by atoms with Gasteiger partial charge >= 0.3 is 0 Å². The molecule has 0 bridgehead atoms. The summed E-state index contributed by atoms with van der Waals surface area (Å²) in [5.74, 6) is -2.06. The van der Waals surface area contributed by atoms with Crippen LogP contribution in [0.15, 0.2) is 53.3 Å². The van der Waals surface area contributed by atoms with Crippen molar-refractivity contribution in [3.63, 3.8) is 0 Å². The number of hydrogen-bond donors (Lipinski definition) is 1. The number of carbonyl (C=O) groups excluding carboxylic acids is 1. The summed E-state index contributed by atoms with van der Waals surface area (Å²) in [5, 5.41) is 10.1. The third-order valence-corrected chi connectivity index (χ3v) is 4.49. The highest BCUT2D eigenvalue weighted by Crippen LogP contribution is 2.25. The number of para-hydroxylation sites is 1. The first-order valence-corrected chi connectivity index (χ1v) is 8.57. The molecule has 0 atom stereocenters. The zero-order valence-corrected chi connectivity index (χ0v) is 14.6. The van der Waals surface area contributed by atoms with Gasteiger partial charge in [-0.05, 0) is 24.3 Å². The van der Waals surface area contributed by atoms with Crippen molar-refractivity contribution >= 4 is 17.5 Å². The van der Waals surface area contributed by atoms with Gasteiger partial charge in [-0.3, -0.25) is 14.2 Å². The predicted octanol–water partition coefficient (Wildman–Crippen LogP) is 2.00. The summed E-state index contributed by atoms with van der Waals surface area (Å²) in [4.78, 5) is 26.8. The minimum Gasteiger partial charge on any atom is -0.346 e. The Bertz CT molecular complexity index is 1080. The van der Waals surface area contributed by atoms with Crippen LogP contribution in [0.1, 0.15) is 16.1 Å². The molecule has 0 spiro atoms. The van der Waals surface area contributed by atoms with E-state index in [4.69, 9.17) is 0 Å². The number of amides is 1. The zero-order chi connectivity index (χ0) is 19.7. The van der Waals surface area contributed by atoms with E-state index in [0.717, 1.165) is 17.8 Å². The summed E-state index contributed by atoms with van der Waals surface area (Å²) in [6.07, 6.45) is 0. The Morgan fingerprint density at radius 1 is 1.00 bits per heavy atom. The SMILES string of the molecule is O=C(NCc1c(F)cccc1F)c1nnc2n(c1=O)CCN2c1ccccc1. The number of fused-ring (bicyclic) bond motifs is 1. The lowest BCUT2D eigenvalue weighted by atomic mass is 10.2. The Kier molecular flexibility index (Phi) is 4.56. The van der Waals surface area contributed by atoms with E-state index in [9.17, 15) is 18.4 Å². The maximum Gasteiger partial charge on any atom is 0.286 e. The average molecular weight is 383 g/mol. The van der Waals surface area contributed by atoms with Crippen molar-refractivity contribution < 1.29 is 13.6 Å². The van der Waals surface area contributed by atoms with Crippen molar-refractivity contribution in [2.45, 2.75) is 13.1 Å². The molecular weight excluding hydrogens is 368 g/mol. The van der Waals surface area contributed by atoms with Crippen molar-refractivity contribution in [3.05, 3.63) is 81.8 Å². The van der Waals surface area contributed by atoms with E-state index in [1.165, 1.54) is 10.6 Å². The van der Waals surface area contributed by atoms with Crippen LogP contribution in [0.5, 0.6) is 0 Å². The van der Waals surface area contributed by atoms with Crippen LogP contribution in [0, 0.1) is 11.6 Å². The first kappa shape index (κ1) is 17.8. The van der Waals surface area contributed by atoms with Gasteiger partial charge in [-0.2, -0.15) is 0 Å². The summed E-state index contributed by atoms with van der Waals surface area (Å²) < 4.78 is 28.7. The number of benzene rings is 2. The topological polar surface area (TPSA) is 80.1 Å². The summed E-state index contributed by atoms with van der Waals surface area (Å²) >= 11 is 0. The van der Waals surface area contributed by atoms with Crippen molar-refractivity contribution in [2.75, 3.05) is 11.4 Å². The molecule has 3 aromatic rings. The lowest BCUT2D eigenvalue weighted by Crippen LogP contribution is -2.35. The number of aromatic nitrogens is 3. The second kappa shape index (κ2) is 7.18. The summed E-state index contributed by atoms with van der Waals surface area (Å²) in [5.41, 5.74) is -0.458. The maximum absolute atomic E-state index is 13.7. The minimum absolute atomic E-state index is 0.291. The average Bonchev–Trinajstić information content (AvgIpc) is 3.13. The Balaban J connectivity index is 1.57. The van der Waals surface area contributed by atoms with Crippen LogP contribution in [-0.4, -0.2) is 27.2 Å². The van der Waals surface area contributed by atoms with Crippen LogP contribution in [0.2, 0.25) is 0 Å². The fourth-order valence-electron chi connectivity index (χ4n) is 3.06. The monoisotopic (exact) mass is 383 g/mol. The van der Waals surface area contributed by atoms with Crippen molar-refractivity contribution in [1.82, 2.24) is 20.1 Å². The van der Waals surface area contributed by atoms with Crippen LogP contribution in [0.4, 0.5) is 20.4 Å². The smallest absolute Gasteiger partial charge is 0.286 e. The number of rotatable bonds is 4. The Hall–Kier alpha value is -3.62. The van der Waals surface area contributed by atoms with E-state index >= 15 is 0 Å². The van der Waals surface area contributed by atoms with E-state index in [0.29, 0.717) is 19.0 Å². The molecule has 0 aliphatic carbocycles. The molecule has 2 heterocycles. The highest BCUT2D eigenvalue weighted by Gasteiger charge is 2.27. The number of anilines is 2. The quantitative estimate of drug-likeness (QED) is 0.746. The minimum atomic E-state index is -0.839. The largest absolute Gasteiger partial charge is 0.346 e. The molecule has 142 valence electrons. The number of hydrogen-bond acceptors (Lipinski definition) is 5. The molecule has 1 aliphatic rings. The van der Waals surface area contributed by atoms with Crippen LogP contribution < -0.4 is 15.8 Å². The summed E-state index contributed by atoms with van der Waals surface area (Å²) in [6, 6.07) is 12.8. The predicted molar refractivity (Wildman–Crippen MR) is 97.3 cm³/mol. The van der Waals surface area contributed by atoms with Crippen LogP contribution in [-0.2, 0) is 13.1 Å². The fraction of sp³-hybridized carbons (Fsp3) is 0.158. The number of halogens is 2. The Labute approximate surface area is 158 Å². The lowest BCUT2D eigenvalue weighted by molar-refractivity contribution is 0.0941. The van der Waals surface area contributed by atoms with Gasteiger partial charge in [0.2, 0.25) is 11.6 Å². The highest BCUT2D eigenvalue weighted by molar-refractivity contribution is 5.91. The van der Waals surface area contributed by atoms with Crippen molar-refractivity contribution in [3.8, 4) is 0 Å². The molecule has 9 heteroatoms. The van der Waals surface area contributed by atoms with Gasteiger partial charge in [-0.1, -0.05) is 24.3 Å². The van der Waals surface area contributed by atoms with Gasteiger partial charge in [0.05, 0.1) is 0 Å². The zero-order valence-electron chi connectivity index (χ0n) is 14.6.